The van der Waals surface area contributed by atoms with Gasteiger partial charge in [0, 0.05) is 43.2 Å². The van der Waals surface area contributed by atoms with Gasteiger partial charge in [0.15, 0.2) is 0 Å². The number of rotatable bonds is 5. The number of carbonyl (C=O) groups is 1. The van der Waals surface area contributed by atoms with E-state index in [1.807, 2.05) is 13.2 Å². The molecule has 5 heteroatoms. The molecule has 3 N–H and O–H groups in total. The first-order valence-electron chi connectivity index (χ1n) is 9.29. The third kappa shape index (κ3) is 4.15. The summed E-state index contributed by atoms with van der Waals surface area (Å²) in [6.45, 7) is 3.33. The van der Waals surface area contributed by atoms with Crippen LogP contribution in [0.15, 0.2) is 24.4 Å². The molecule has 0 bridgehead atoms. The van der Waals surface area contributed by atoms with Crippen LogP contribution in [0.25, 0.3) is 10.9 Å². The van der Waals surface area contributed by atoms with E-state index >= 15 is 0 Å². The molecule has 0 spiro atoms. The number of benzene rings is 1. The predicted octanol–water partition coefficient (Wildman–Crippen LogP) is 3.21. The van der Waals surface area contributed by atoms with Gasteiger partial charge in [-0.15, -0.1) is 0 Å². The van der Waals surface area contributed by atoms with E-state index in [4.69, 9.17) is 0 Å². The van der Waals surface area contributed by atoms with Gasteiger partial charge < -0.3 is 20.3 Å². The number of aromatic amines is 1. The highest BCUT2D eigenvalue weighted by molar-refractivity contribution is 5.85. The van der Waals surface area contributed by atoms with Crippen LogP contribution < -0.4 is 5.32 Å². The molecule has 136 valence electrons. The Morgan fingerprint density at radius 2 is 2.16 bits per heavy atom. The molecule has 0 radical (unpaired) electrons. The number of H-pyrrole nitrogens is 1. The van der Waals surface area contributed by atoms with Crippen molar-refractivity contribution in [3.8, 4) is 0 Å². The number of nitrogens with one attached hydrogen (secondary N) is 2. The fourth-order valence-electron chi connectivity index (χ4n) is 3.85. The van der Waals surface area contributed by atoms with Gasteiger partial charge in [0.2, 0.25) is 0 Å². The molecule has 1 aromatic carbocycles. The second-order valence-electron chi connectivity index (χ2n) is 7.29. The van der Waals surface area contributed by atoms with E-state index in [0.29, 0.717) is 13.1 Å². The van der Waals surface area contributed by atoms with Gasteiger partial charge in [-0.1, -0.05) is 31.0 Å². The standard InChI is InChI=1S/C20H29N3O2/c1-14-6-5-8-17-15(12-22-19(14)17)10-11-21-20(25)23(2)13-16-7-3-4-9-18(16)24/h5-6,8,12,16,18,22,24H,3-4,7,9-11,13H2,1-2H3,(H,21,25). The third-order valence-electron chi connectivity index (χ3n) is 5.40. The van der Waals surface area contributed by atoms with Crippen LogP contribution in [0.5, 0.6) is 0 Å². The maximum Gasteiger partial charge on any atom is 0.317 e. The van der Waals surface area contributed by atoms with Gasteiger partial charge in [0.05, 0.1) is 6.10 Å². The minimum Gasteiger partial charge on any atom is -0.393 e. The number of hydrogen-bond acceptors (Lipinski definition) is 2. The summed E-state index contributed by atoms with van der Waals surface area (Å²) in [7, 11) is 1.81. The summed E-state index contributed by atoms with van der Waals surface area (Å²) in [6.07, 6.45) is 6.68. The van der Waals surface area contributed by atoms with Gasteiger partial charge >= 0.3 is 6.03 Å². The lowest BCUT2D eigenvalue weighted by Gasteiger charge is -2.31. The minimum absolute atomic E-state index is 0.0613. The minimum atomic E-state index is -0.265. The smallest absolute Gasteiger partial charge is 0.317 e. The van der Waals surface area contributed by atoms with Crippen LogP contribution in [0.1, 0.15) is 36.8 Å². The molecule has 5 nitrogen and oxygen atoms in total. The van der Waals surface area contributed by atoms with Crippen LogP contribution in [0, 0.1) is 12.8 Å². The molecular formula is C20H29N3O2. The van der Waals surface area contributed by atoms with Gasteiger partial charge in [-0.25, -0.2) is 4.79 Å². The number of nitrogens with zero attached hydrogens (tertiary/aromatic N) is 1. The van der Waals surface area contributed by atoms with E-state index in [0.717, 1.165) is 32.1 Å². The molecule has 1 aliphatic carbocycles. The Balaban J connectivity index is 1.49. The average molecular weight is 343 g/mol. The lowest BCUT2D eigenvalue weighted by Crippen LogP contribution is -2.43. The molecule has 25 heavy (non-hydrogen) atoms. The molecule has 3 rings (SSSR count). The number of fused-ring (bicyclic) bond motifs is 1. The lowest BCUT2D eigenvalue weighted by atomic mass is 9.86. The van der Waals surface area contributed by atoms with E-state index in [-0.39, 0.29) is 18.1 Å². The fraction of sp³-hybridized carbons (Fsp3) is 0.550. The van der Waals surface area contributed by atoms with Crippen LogP contribution in [-0.2, 0) is 6.42 Å². The largest absolute Gasteiger partial charge is 0.393 e. The number of hydrogen-bond donors (Lipinski definition) is 3. The van der Waals surface area contributed by atoms with E-state index in [2.05, 4.69) is 35.4 Å². The number of carbonyl (C=O) groups excluding carboxylic acids is 1. The predicted molar refractivity (Wildman–Crippen MR) is 101 cm³/mol. The summed E-state index contributed by atoms with van der Waals surface area (Å²) in [5, 5.41) is 14.3. The summed E-state index contributed by atoms with van der Waals surface area (Å²) in [5.74, 6) is 0.209. The monoisotopic (exact) mass is 343 g/mol. The molecule has 1 aromatic heterocycles. The van der Waals surface area contributed by atoms with Crippen LogP contribution in [0.4, 0.5) is 4.79 Å². The van der Waals surface area contributed by atoms with Crippen molar-refractivity contribution in [2.24, 2.45) is 5.92 Å². The first-order valence-corrected chi connectivity index (χ1v) is 9.29. The number of amides is 2. The Labute approximate surface area is 149 Å². The summed E-state index contributed by atoms with van der Waals surface area (Å²) < 4.78 is 0. The highest BCUT2D eigenvalue weighted by atomic mass is 16.3. The van der Waals surface area contributed by atoms with Crippen molar-refractivity contribution in [1.29, 1.82) is 0 Å². The Hall–Kier alpha value is -2.01. The van der Waals surface area contributed by atoms with Crippen molar-refractivity contribution in [2.45, 2.75) is 45.1 Å². The summed E-state index contributed by atoms with van der Waals surface area (Å²) in [5.41, 5.74) is 3.63. The number of para-hydroxylation sites is 1. The maximum absolute atomic E-state index is 12.3. The van der Waals surface area contributed by atoms with Crippen molar-refractivity contribution >= 4 is 16.9 Å². The van der Waals surface area contributed by atoms with Gasteiger partial charge in [-0.05, 0) is 37.3 Å². The second-order valence-corrected chi connectivity index (χ2v) is 7.29. The Bertz CT molecular complexity index is 725. The summed E-state index contributed by atoms with van der Waals surface area (Å²) in [6, 6.07) is 6.22. The maximum atomic E-state index is 12.3. The normalized spacial score (nSPS) is 20.6. The molecule has 1 aliphatic rings. The molecule has 2 aromatic rings. The number of aliphatic hydroxyl groups excluding tert-OH is 1. The summed E-state index contributed by atoms with van der Waals surface area (Å²) in [4.78, 5) is 17.3. The topological polar surface area (TPSA) is 68.4 Å². The molecule has 0 saturated heterocycles. The second kappa shape index (κ2) is 7.91. The molecule has 2 unspecified atom stereocenters. The van der Waals surface area contributed by atoms with Crippen LogP contribution in [-0.4, -0.2) is 47.3 Å². The van der Waals surface area contributed by atoms with Gasteiger partial charge in [0.1, 0.15) is 0 Å². The average Bonchev–Trinajstić information content (AvgIpc) is 3.01. The van der Waals surface area contributed by atoms with E-state index in [9.17, 15) is 9.90 Å². The molecule has 1 heterocycles. The SMILES string of the molecule is Cc1cccc2c(CCNC(=O)N(C)CC3CCCCC3O)c[nH]c12. The molecule has 0 aliphatic heterocycles. The number of aromatic nitrogens is 1. The Kier molecular flexibility index (Phi) is 5.63. The van der Waals surface area contributed by atoms with E-state index in [1.165, 1.54) is 22.0 Å². The molecule has 1 fully saturated rings. The first kappa shape index (κ1) is 17.8. The highest BCUT2D eigenvalue weighted by Gasteiger charge is 2.25. The van der Waals surface area contributed by atoms with Crippen molar-refractivity contribution < 1.29 is 9.90 Å². The van der Waals surface area contributed by atoms with Crippen molar-refractivity contribution in [3.05, 3.63) is 35.5 Å². The third-order valence-corrected chi connectivity index (χ3v) is 5.40. The summed E-state index contributed by atoms with van der Waals surface area (Å²) >= 11 is 0. The van der Waals surface area contributed by atoms with Crippen molar-refractivity contribution in [1.82, 2.24) is 15.2 Å². The molecule has 2 atom stereocenters. The zero-order valence-corrected chi connectivity index (χ0v) is 15.2. The highest BCUT2D eigenvalue weighted by Crippen LogP contribution is 2.25. The Morgan fingerprint density at radius 3 is 2.96 bits per heavy atom. The van der Waals surface area contributed by atoms with Gasteiger partial charge in [0.25, 0.3) is 0 Å². The van der Waals surface area contributed by atoms with Crippen LogP contribution in [0.3, 0.4) is 0 Å². The zero-order valence-electron chi connectivity index (χ0n) is 15.2. The lowest BCUT2D eigenvalue weighted by molar-refractivity contribution is 0.0565. The number of urea groups is 1. The van der Waals surface area contributed by atoms with E-state index in [1.54, 1.807) is 4.90 Å². The van der Waals surface area contributed by atoms with Gasteiger partial charge in [-0.3, -0.25) is 0 Å². The van der Waals surface area contributed by atoms with Gasteiger partial charge in [-0.2, -0.15) is 0 Å². The van der Waals surface area contributed by atoms with Crippen molar-refractivity contribution in [2.75, 3.05) is 20.1 Å². The van der Waals surface area contributed by atoms with E-state index < -0.39 is 0 Å². The first-order chi connectivity index (χ1) is 12.1. The number of aliphatic hydroxyl groups is 1. The number of aryl methyl sites for hydroxylation is 1. The molecular weight excluding hydrogens is 314 g/mol. The quantitative estimate of drug-likeness (QED) is 0.780. The Morgan fingerprint density at radius 1 is 1.36 bits per heavy atom. The van der Waals surface area contributed by atoms with Crippen LogP contribution >= 0.6 is 0 Å². The zero-order chi connectivity index (χ0) is 17.8. The van der Waals surface area contributed by atoms with Crippen LogP contribution in [0.2, 0.25) is 0 Å². The van der Waals surface area contributed by atoms with Crippen molar-refractivity contribution in [3.63, 3.8) is 0 Å². The molecule has 1 saturated carbocycles. The molecule has 2 amide bonds. The fourth-order valence-corrected chi connectivity index (χ4v) is 3.85.